The van der Waals surface area contributed by atoms with Crippen molar-refractivity contribution >= 4 is 21.4 Å². The highest BCUT2D eigenvalue weighted by Gasteiger charge is 2.17. The molecule has 0 aliphatic rings. The molecule has 0 aromatic heterocycles. The number of rotatable bonds is 4. The number of halogens is 2. The van der Waals surface area contributed by atoms with Crippen molar-refractivity contribution in [2.24, 2.45) is 0 Å². The lowest BCUT2D eigenvalue weighted by atomic mass is 10.2. The van der Waals surface area contributed by atoms with E-state index in [1.54, 1.807) is 19.0 Å². The Bertz CT molecular complexity index is 744. The molecule has 0 atom stereocenters. The molecule has 0 bridgehead atoms. The molecule has 0 amide bonds. The normalized spacial score (nSPS) is 11.2. The molecule has 0 saturated heterocycles. The molecule has 2 aromatic carbocycles. The Labute approximate surface area is 122 Å². The molecule has 2 rings (SSSR count). The molecule has 0 aliphatic heterocycles. The van der Waals surface area contributed by atoms with Gasteiger partial charge in [0.25, 0.3) is 10.0 Å². The van der Waals surface area contributed by atoms with Gasteiger partial charge in [-0.25, -0.2) is 17.2 Å². The van der Waals surface area contributed by atoms with Crippen LogP contribution in [-0.2, 0) is 10.0 Å². The molecule has 112 valence electrons. The van der Waals surface area contributed by atoms with Gasteiger partial charge in [0, 0.05) is 20.2 Å². The van der Waals surface area contributed by atoms with Crippen LogP contribution in [0.1, 0.15) is 0 Å². The Kier molecular flexibility index (Phi) is 4.13. The van der Waals surface area contributed by atoms with Crippen molar-refractivity contribution in [1.29, 1.82) is 0 Å². The van der Waals surface area contributed by atoms with Crippen LogP contribution in [-0.4, -0.2) is 22.5 Å². The fourth-order valence-corrected chi connectivity index (χ4v) is 2.86. The molecule has 4 nitrogen and oxygen atoms in total. The van der Waals surface area contributed by atoms with Crippen molar-refractivity contribution in [3.05, 3.63) is 54.1 Å². The average Bonchev–Trinajstić information content (AvgIpc) is 2.38. The van der Waals surface area contributed by atoms with E-state index in [4.69, 9.17) is 0 Å². The van der Waals surface area contributed by atoms with Gasteiger partial charge in [-0.15, -0.1) is 0 Å². The van der Waals surface area contributed by atoms with Crippen molar-refractivity contribution in [1.82, 2.24) is 0 Å². The Balaban J connectivity index is 2.41. The third kappa shape index (κ3) is 3.49. The van der Waals surface area contributed by atoms with E-state index in [1.807, 2.05) is 0 Å². The number of sulfonamides is 1. The first-order valence-corrected chi connectivity index (χ1v) is 7.53. The first-order valence-electron chi connectivity index (χ1n) is 6.05. The molecule has 21 heavy (non-hydrogen) atoms. The van der Waals surface area contributed by atoms with Gasteiger partial charge in [0.2, 0.25) is 0 Å². The summed E-state index contributed by atoms with van der Waals surface area (Å²) in [4.78, 5) is 1.56. The largest absolute Gasteiger partial charge is 0.376 e. The Hall–Kier alpha value is -2.15. The SMILES string of the molecule is CN(C)c1ccc(F)cc1NS(=O)(=O)c1ccc(F)cc1. The summed E-state index contributed by atoms with van der Waals surface area (Å²) < 4.78 is 53.0. The third-order valence-electron chi connectivity index (χ3n) is 2.81. The molecule has 0 saturated carbocycles. The molecule has 0 radical (unpaired) electrons. The maximum atomic E-state index is 13.3. The lowest BCUT2D eigenvalue weighted by Gasteiger charge is -2.18. The van der Waals surface area contributed by atoms with Gasteiger partial charge in [0.1, 0.15) is 11.6 Å². The third-order valence-corrected chi connectivity index (χ3v) is 4.19. The van der Waals surface area contributed by atoms with Crippen LogP contribution in [0.15, 0.2) is 47.4 Å². The van der Waals surface area contributed by atoms with Crippen LogP contribution in [0, 0.1) is 11.6 Å². The van der Waals surface area contributed by atoms with Crippen LogP contribution in [0.25, 0.3) is 0 Å². The topological polar surface area (TPSA) is 49.4 Å². The van der Waals surface area contributed by atoms with Crippen LogP contribution >= 0.6 is 0 Å². The smallest absolute Gasteiger partial charge is 0.261 e. The molecule has 0 spiro atoms. The van der Waals surface area contributed by atoms with E-state index in [0.29, 0.717) is 5.69 Å². The van der Waals surface area contributed by atoms with Gasteiger partial charge < -0.3 is 4.90 Å². The van der Waals surface area contributed by atoms with Crippen LogP contribution in [0.4, 0.5) is 20.2 Å². The van der Waals surface area contributed by atoms with Gasteiger partial charge in [0.15, 0.2) is 0 Å². The van der Waals surface area contributed by atoms with Crippen molar-refractivity contribution in [2.75, 3.05) is 23.7 Å². The zero-order valence-corrected chi connectivity index (χ0v) is 12.3. The highest BCUT2D eigenvalue weighted by Crippen LogP contribution is 2.27. The van der Waals surface area contributed by atoms with Crippen molar-refractivity contribution in [2.45, 2.75) is 4.90 Å². The van der Waals surface area contributed by atoms with Gasteiger partial charge in [0.05, 0.1) is 16.3 Å². The Morgan fingerprint density at radius 3 is 2.10 bits per heavy atom. The quantitative estimate of drug-likeness (QED) is 0.944. The number of benzene rings is 2. The van der Waals surface area contributed by atoms with E-state index >= 15 is 0 Å². The monoisotopic (exact) mass is 312 g/mol. The first-order chi connectivity index (χ1) is 9.79. The van der Waals surface area contributed by atoms with Gasteiger partial charge >= 0.3 is 0 Å². The number of anilines is 2. The second-order valence-electron chi connectivity index (χ2n) is 4.62. The predicted molar refractivity (Wildman–Crippen MR) is 77.9 cm³/mol. The highest BCUT2D eigenvalue weighted by molar-refractivity contribution is 7.92. The van der Waals surface area contributed by atoms with Gasteiger partial charge in [-0.05, 0) is 36.4 Å². The van der Waals surface area contributed by atoms with E-state index in [2.05, 4.69) is 4.72 Å². The minimum atomic E-state index is -3.91. The van der Waals surface area contributed by atoms with E-state index < -0.39 is 21.7 Å². The van der Waals surface area contributed by atoms with Gasteiger partial charge in [-0.3, -0.25) is 4.72 Å². The summed E-state index contributed by atoms with van der Waals surface area (Å²) in [6, 6.07) is 8.19. The molecule has 0 unspecified atom stereocenters. The van der Waals surface area contributed by atoms with Crippen LogP contribution in [0.2, 0.25) is 0 Å². The second-order valence-corrected chi connectivity index (χ2v) is 6.30. The van der Waals surface area contributed by atoms with Crippen molar-refractivity contribution in [3.8, 4) is 0 Å². The summed E-state index contributed by atoms with van der Waals surface area (Å²) in [6.45, 7) is 0. The second kappa shape index (κ2) is 5.69. The maximum absolute atomic E-state index is 13.3. The van der Waals surface area contributed by atoms with Gasteiger partial charge in [-0.1, -0.05) is 0 Å². The molecule has 0 heterocycles. The summed E-state index contributed by atoms with van der Waals surface area (Å²) in [7, 11) is -0.490. The summed E-state index contributed by atoms with van der Waals surface area (Å²) in [6.07, 6.45) is 0. The molecule has 1 N–H and O–H groups in total. The lowest BCUT2D eigenvalue weighted by molar-refractivity contribution is 0.599. The maximum Gasteiger partial charge on any atom is 0.261 e. The summed E-state index contributed by atoms with van der Waals surface area (Å²) in [5.74, 6) is -1.09. The standard InChI is InChI=1S/C14H14F2N2O2S/c1-18(2)14-8-5-11(16)9-13(14)17-21(19,20)12-6-3-10(15)4-7-12/h3-9,17H,1-2H3. The predicted octanol–water partition coefficient (Wildman–Crippen LogP) is 2.83. The van der Waals surface area contributed by atoms with E-state index in [9.17, 15) is 17.2 Å². The average molecular weight is 312 g/mol. The zero-order valence-electron chi connectivity index (χ0n) is 11.5. The molecular weight excluding hydrogens is 298 g/mol. The number of nitrogens with zero attached hydrogens (tertiary/aromatic N) is 1. The molecule has 7 heteroatoms. The van der Waals surface area contributed by atoms with Gasteiger partial charge in [-0.2, -0.15) is 0 Å². The van der Waals surface area contributed by atoms with E-state index in [-0.39, 0.29) is 10.6 Å². The fraction of sp³-hybridized carbons (Fsp3) is 0.143. The van der Waals surface area contributed by atoms with Crippen molar-refractivity contribution in [3.63, 3.8) is 0 Å². The summed E-state index contributed by atoms with van der Waals surface area (Å²) >= 11 is 0. The first kappa shape index (κ1) is 15.2. The lowest BCUT2D eigenvalue weighted by Crippen LogP contribution is -2.17. The fourth-order valence-electron chi connectivity index (χ4n) is 1.80. The highest BCUT2D eigenvalue weighted by atomic mass is 32.2. The minimum absolute atomic E-state index is 0.0992. The molecular formula is C14H14F2N2O2S. The van der Waals surface area contributed by atoms with E-state index in [0.717, 1.165) is 30.3 Å². The molecule has 0 fully saturated rings. The summed E-state index contributed by atoms with van der Waals surface area (Å²) in [5.41, 5.74) is 0.631. The number of hydrogen-bond acceptors (Lipinski definition) is 3. The molecule has 0 aliphatic carbocycles. The van der Waals surface area contributed by atoms with Crippen LogP contribution < -0.4 is 9.62 Å². The Morgan fingerprint density at radius 2 is 1.52 bits per heavy atom. The minimum Gasteiger partial charge on any atom is -0.376 e. The van der Waals surface area contributed by atoms with E-state index in [1.165, 1.54) is 12.1 Å². The van der Waals surface area contributed by atoms with Crippen molar-refractivity contribution < 1.29 is 17.2 Å². The van der Waals surface area contributed by atoms with Crippen LogP contribution in [0.3, 0.4) is 0 Å². The Morgan fingerprint density at radius 1 is 0.952 bits per heavy atom. The summed E-state index contributed by atoms with van der Waals surface area (Å²) in [5, 5.41) is 0. The number of hydrogen-bond donors (Lipinski definition) is 1. The zero-order chi connectivity index (χ0) is 15.6. The molecule has 2 aromatic rings. The van der Waals surface area contributed by atoms with Crippen LogP contribution in [0.5, 0.6) is 0 Å². The number of nitrogens with one attached hydrogen (secondary N) is 1.